The molecule has 0 saturated carbocycles. The van der Waals surface area contributed by atoms with Crippen molar-refractivity contribution in [3.8, 4) is 11.5 Å². The number of benzene rings is 2. The van der Waals surface area contributed by atoms with Crippen molar-refractivity contribution < 1.29 is 19.1 Å². The van der Waals surface area contributed by atoms with Crippen LogP contribution in [0.4, 0.5) is 5.69 Å². The second-order valence-electron chi connectivity index (χ2n) is 5.80. The van der Waals surface area contributed by atoms with Crippen LogP contribution in [0.5, 0.6) is 11.5 Å². The third-order valence-electron chi connectivity index (χ3n) is 3.67. The SMILES string of the molecule is COc1ccc(Cl)cc1NC(=O)CN(C)C(=O)C(C)Oc1ccc(Cl)cc1. The molecular formula is C19H20Cl2N2O4. The van der Waals surface area contributed by atoms with E-state index in [0.29, 0.717) is 27.2 Å². The number of halogens is 2. The number of hydrogen-bond acceptors (Lipinski definition) is 4. The molecule has 0 radical (unpaired) electrons. The highest BCUT2D eigenvalue weighted by atomic mass is 35.5. The summed E-state index contributed by atoms with van der Waals surface area (Å²) in [6.45, 7) is 1.47. The van der Waals surface area contributed by atoms with Gasteiger partial charge in [0.15, 0.2) is 6.10 Å². The second-order valence-corrected chi connectivity index (χ2v) is 6.67. The smallest absolute Gasteiger partial charge is 0.263 e. The molecule has 8 heteroatoms. The van der Waals surface area contributed by atoms with Crippen molar-refractivity contribution in [3.05, 3.63) is 52.5 Å². The minimum absolute atomic E-state index is 0.150. The van der Waals surface area contributed by atoms with Crippen molar-refractivity contribution in [3.63, 3.8) is 0 Å². The lowest BCUT2D eigenvalue weighted by Crippen LogP contribution is -2.42. The Hall–Kier alpha value is -2.44. The van der Waals surface area contributed by atoms with E-state index < -0.39 is 6.10 Å². The van der Waals surface area contributed by atoms with E-state index in [1.54, 1.807) is 49.4 Å². The molecule has 0 heterocycles. The summed E-state index contributed by atoms with van der Waals surface area (Å²) in [5.41, 5.74) is 0.432. The molecule has 1 unspecified atom stereocenters. The molecule has 0 bridgehead atoms. The fourth-order valence-corrected chi connectivity index (χ4v) is 2.64. The lowest BCUT2D eigenvalue weighted by Gasteiger charge is -2.22. The highest BCUT2D eigenvalue weighted by molar-refractivity contribution is 6.31. The van der Waals surface area contributed by atoms with Crippen LogP contribution in [0.25, 0.3) is 0 Å². The van der Waals surface area contributed by atoms with Gasteiger partial charge in [-0.15, -0.1) is 0 Å². The van der Waals surface area contributed by atoms with E-state index in [1.807, 2.05) is 0 Å². The molecule has 144 valence electrons. The normalized spacial score (nSPS) is 11.4. The van der Waals surface area contributed by atoms with Gasteiger partial charge in [0.05, 0.1) is 19.3 Å². The monoisotopic (exact) mass is 410 g/mol. The van der Waals surface area contributed by atoms with Crippen molar-refractivity contribution in [2.45, 2.75) is 13.0 Å². The number of anilines is 1. The third kappa shape index (κ3) is 6.05. The van der Waals surface area contributed by atoms with Gasteiger partial charge in [0, 0.05) is 17.1 Å². The second kappa shape index (κ2) is 9.48. The summed E-state index contributed by atoms with van der Waals surface area (Å²) in [7, 11) is 3.02. The molecule has 6 nitrogen and oxygen atoms in total. The molecule has 0 aliphatic carbocycles. The fraction of sp³-hybridized carbons (Fsp3) is 0.263. The first-order chi connectivity index (χ1) is 12.8. The number of rotatable bonds is 7. The number of amides is 2. The first-order valence-electron chi connectivity index (χ1n) is 8.10. The zero-order valence-corrected chi connectivity index (χ0v) is 16.7. The summed E-state index contributed by atoms with van der Waals surface area (Å²) in [4.78, 5) is 26.0. The number of ether oxygens (including phenoxy) is 2. The molecule has 0 aromatic heterocycles. The molecule has 2 aromatic carbocycles. The van der Waals surface area contributed by atoms with E-state index in [0.717, 1.165) is 0 Å². The molecular weight excluding hydrogens is 391 g/mol. The van der Waals surface area contributed by atoms with Gasteiger partial charge in [0.1, 0.15) is 11.5 Å². The molecule has 0 aliphatic rings. The predicted molar refractivity (Wildman–Crippen MR) is 106 cm³/mol. The number of methoxy groups -OCH3 is 1. The number of nitrogens with zero attached hydrogens (tertiary/aromatic N) is 1. The van der Waals surface area contributed by atoms with Crippen LogP contribution in [0.2, 0.25) is 10.0 Å². The van der Waals surface area contributed by atoms with Gasteiger partial charge in [-0.3, -0.25) is 9.59 Å². The van der Waals surface area contributed by atoms with Crippen LogP contribution in [-0.4, -0.2) is 43.5 Å². The van der Waals surface area contributed by atoms with Crippen molar-refractivity contribution in [1.82, 2.24) is 4.90 Å². The molecule has 27 heavy (non-hydrogen) atoms. The largest absolute Gasteiger partial charge is 0.495 e. The molecule has 1 N–H and O–H groups in total. The average molecular weight is 411 g/mol. The fourth-order valence-electron chi connectivity index (χ4n) is 2.34. The third-order valence-corrected chi connectivity index (χ3v) is 4.15. The van der Waals surface area contributed by atoms with Crippen molar-refractivity contribution in [2.24, 2.45) is 0 Å². The maximum atomic E-state index is 12.4. The standard InChI is InChI=1S/C19H20Cl2N2O4/c1-12(27-15-7-4-13(20)5-8-15)19(25)23(2)11-18(24)22-16-10-14(21)6-9-17(16)26-3/h4-10,12H,11H2,1-3H3,(H,22,24). The van der Waals surface area contributed by atoms with Crippen LogP contribution >= 0.6 is 23.2 Å². The van der Waals surface area contributed by atoms with E-state index in [-0.39, 0.29) is 18.4 Å². The number of carbonyl (C=O) groups is 2. The molecule has 0 saturated heterocycles. The number of hydrogen-bond donors (Lipinski definition) is 1. The number of carbonyl (C=O) groups excluding carboxylic acids is 2. The molecule has 0 aliphatic heterocycles. The molecule has 2 rings (SSSR count). The van der Waals surface area contributed by atoms with Crippen molar-refractivity contribution >= 4 is 40.7 Å². The van der Waals surface area contributed by atoms with Crippen LogP contribution in [0.3, 0.4) is 0 Å². The van der Waals surface area contributed by atoms with Crippen LogP contribution in [0.1, 0.15) is 6.92 Å². The average Bonchev–Trinajstić information content (AvgIpc) is 2.63. The molecule has 0 fully saturated rings. The maximum Gasteiger partial charge on any atom is 0.263 e. The van der Waals surface area contributed by atoms with Crippen molar-refractivity contribution in [2.75, 3.05) is 26.0 Å². The summed E-state index contributed by atoms with van der Waals surface area (Å²) in [6.07, 6.45) is -0.760. The van der Waals surface area contributed by atoms with Gasteiger partial charge in [-0.05, 0) is 49.4 Å². The Morgan fingerprint density at radius 3 is 2.37 bits per heavy atom. The zero-order chi connectivity index (χ0) is 20.0. The lowest BCUT2D eigenvalue weighted by molar-refractivity contribution is -0.139. The molecule has 2 amide bonds. The Labute approximate surface area is 168 Å². The van der Waals surface area contributed by atoms with E-state index in [4.69, 9.17) is 32.7 Å². The zero-order valence-electron chi connectivity index (χ0n) is 15.2. The molecule has 0 spiro atoms. The summed E-state index contributed by atoms with van der Waals surface area (Å²) in [5.74, 6) is 0.270. The highest BCUT2D eigenvalue weighted by Crippen LogP contribution is 2.27. The van der Waals surface area contributed by atoms with Gasteiger partial charge in [-0.25, -0.2) is 0 Å². The van der Waals surface area contributed by atoms with Gasteiger partial charge in [0.25, 0.3) is 5.91 Å². The topological polar surface area (TPSA) is 67.9 Å². The molecule has 2 aromatic rings. The Bertz CT molecular complexity index is 812. The quantitative estimate of drug-likeness (QED) is 0.751. The minimum atomic E-state index is -0.760. The summed E-state index contributed by atoms with van der Waals surface area (Å²) < 4.78 is 10.8. The Morgan fingerprint density at radius 1 is 1.11 bits per heavy atom. The minimum Gasteiger partial charge on any atom is -0.495 e. The van der Waals surface area contributed by atoms with E-state index in [1.165, 1.54) is 19.1 Å². The van der Waals surface area contributed by atoms with Crippen LogP contribution in [0, 0.1) is 0 Å². The van der Waals surface area contributed by atoms with E-state index in [9.17, 15) is 9.59 Å². The van der Waals surface area contributed by atoms with Gasteiger partial charge in [0.2, 0.25) is 5.91 Å². The van der Waals surface area contributed by atoms with Crippen molar-refractivity contribution in [1.29, 1.82) is 0 Å². The molecule has 1 atom stereocenters. The summed E-state index contributed by atoms with van der Waals surface area (Å²) in [6, 6.07) is 11.6. The number of likely N-dealkylation sites (N-methyl/N-ethyl adjacent to an activating group) is 1. The van der Waals surface area contributed by atoms with Gasteiger partial charge >= 0.3 is 0 Å². The van der Waals surface area contributed by atoms with E-state index in [2.05, 4.69) is 5.32 Å². The Balaban J connectivity index is 1.94. The summed E-state index contributed by atoms with van der Waals surface area (Å²) in [5, 5.41) is 3.72. The van der Waals surface area contributed by atoms with Gasteiger partial charge < -0.3 is 19.7 Å². The Kier molecular flexibility index (Phi) is 7.33. The predicted octanol–water partition coefficient (Wildman–Crippen LogP) is 3.87. The lowest BCUT2D eigenvalue weighted by atomic mass is 10.3. The van der Waals surface area contributed by atoms with Crippen LogP contribution in [-0.2, 0) is 9.59 Å². The highest BCUT2D eigenvalue weighted by Gasteiger charge is 2.21. The van der Waals surface area contributed by atoms with Gasteiger partial charge in [-0.2, -0.15) is 0 Å². The number of nitrogens with one attached hydrogen (secondary N) is 1. The Morgan fingerprint density at radius 2 is 1.74 bits per heavy atom. The van der Waals surface area contributed by atoms with Crippen LogP contribution < -0.4 is 14.8 Å². The van der Waals surface area contributed by atoms with Gasteiger partial charge in [-0.1, -0.05) is 23.2 Å². The summed E-state index contributed by atoms with van der Waals surface area (Å²) >= 11 is 11.8. The first-order valence-corrected chi connectivity index (χ1v) is 8.86. The van der Waals surface area contributed by atoms with Crippen LogP contribution in [0.15, 0.2) is 42.5 Å². The maximum absolute atomic E-state index is 12.4. The van der Waals surface area contributed by atoms with E-state index >= 15 is 0 Å². The first kappa shape index (κ1) is 20.9.